The number of carbonyl (C=O) groups excluding carboxylic acids is 1. The van der Waals surface area contributed by atoms with Crippen molar-refractivity contribution in [1.29, 1.82) is 0 Å². The van der Waals surface area contributed by atoms with Crippen molar-refractivity contribution in [3.8, 4) is 0 Å². The summed E-state index contributed by atoms with van der Waals surface area (Å²) in [6.45, 7) is 4.01. The molecule has 1 aromatic carbocycles. The molecular weight excluding hydrogens is 226 g/mol. The highest BCUT2D eigenvalue weighted by molar-refractivity contribution is 5.92. The van der Waals surface area contributed by atoms with E-state index in [-0.39, 0.29) is 11.9 Å². The van der Waals surface area contributed by atoms with Gasteiger partial charge in [-0.05, 0) is 25.5 Å². The van der Waals surface area contributed by atoms with E-state index in [4.69, 9.17) is 0 Å². The molecule has 0 spiro atoms. The molecule has 0 aliphatic carbocycles. The molecule has 94 valence electrons. The fourth-order valence-corrected chi connectivity index (χ4v) is 1.75. The Bertz CT molecular complexity index is 542. The summed E-state index contributed by atoms with van der Waals surface area (Å²) in [5, 5.41) is 7.01. The van der Waals surface area contributed by atoms with Crippen molar-refractivity contribution < 1.29 is 4.79 Å². The van der Waals surface area contributed by atoms with Crippen molar-refractivity contribution in [2.45, 2.75) is 19.9 Å². The second kappa shape index (κ2) is 5.04. The molecule has 1 atom stereocenters. The number of hydrogen-bond donors (Lipinski definition) is 1. The van der Waals surface area contributed by atoms with Gasteiger partial charge in [0.05, 0.1) is 6.04 Å². The fraction of sp³-hybridized carbons (Fsp3) is 0.286. The van der Waals surface area contributed by atoms with Crippen LogP contribution in [0.25, 0.3) is 0 Å². The number of nitrogens with zero attached hydrogens (tertiary/aromatic N) is 2. The van der Waals surface area contributed by atoms with Crippen LogP contribution in [0.15, 0.2) is 36.5 Å². The summed E-state index contributed by atoms with van der Waals surface area (Å²) < 4.78 is 1.62. The van der Waals surface area contributed by atoms with Gasteiger partial charge < -0.3 is 5.32 Å². The lowest BCUT2D eigenvalue weighted by molar-refractivity contribution is 0.0934. The van der Waals surface area contributed by atoms with E-state index >= 15 is 0 Å². The molecule has 1 aromatic heterocycles. The van der Waals surface area contributed by atoms with Crippen LogP contribution in [-0.2, 0) is 7.05 Å². The van der Waals surface area contributed by atoms with Crippen LogP contribution >= 0.6 is 0 Å². The number of nitrogens with one attached hydrogen (secondary N) is 1. The molecule has 0 fully saturated rings. The molecule has 1 N–H and O–H groups in total. The van der Waals surface area contributed by atoms with E-state index in [1.165, 1.54) is 5.56 Å². The summed E-state index contributed by atoms with van der Waals surface area (Å²) in [6.07, 6.45) is 1.76. The van der Waals surface area contributed by atoms with Gasteiger partial charge in [0.2, 0.25) is 0 Å². The van der Waals surface area contributed by atoms with Crippen LogP contribution in [0.1, 0.15) is 34.6 Å². The van der Waals surface area contributed by atoms with E-state index in [9.17, 15) is 4.79 Å². The Morgan fingerprint density at radius 3 is 2.50 bits per heavy atom. The molecule has 1 heterocycles. The molecule has 0 bridgehead atoms. The summed E-state index contributed by atoms with van der Waals surface area (Å²) in [5.41, 5.74) is 2.74. The largest absolute Gasteiger partial charge is 0.344 e. The maximum Gasteiger partial charge on any atom is 0.272 e. The first kappa shape index (κ1) is 12.4. The van der Waals surface area contributed by atoms with Crippen molar-refractivity contribution in [2.24, 2.45) is 7.05 Å². The summed E-state index contributed by atoms with van der Waals surface area (Å²) in [7, 11) is 1.79. The minimum Gasteiger partial charge on any atom is -0.344 e. The van der Waals surface area contributed by atoms with Crippen LogP contribution in [0.3, 0.4) is 0 Å². The van der Waals surface area contributed by atoms with Crippen molar-refractivity contribution in [3.05, 3.63) is 53.3 Å². The summed E-state index contributed by atoms with van der Waals surface area (Å²) in [5.74, 6) is -0.149. The molecular formula is C14H17N3O. The first-order valence-electron chi connectivity index (χ1n) is 5.93. The summed E-state index contributed by atoms with van der Waals surface area (Å²) in [4.78, 5) is 11.9. The minimum atomic E-state index is -0.149. The zero-order valence-electron chi connectivity index (χ0n) is 10.8. The number of hydrogen-bond acceptors (Lipinski definition) is 2. The number of amides is 1. The number of aromatic nitrogens is 2. The smallest absolute Gasteiger partial charge is 0.272 e. The average Bonchev–Trinajstić information content (AvgIpc) is 2.76. The highest BCUT2D eigenvalue weighted by atomic mass is 16.2. The third-order valence-corrected chi connectivity index (χ3v) is 2.87. The molecule has 0 aliphatic rings. The lowest BCUT2D eigenvalue weighted by Gasteiger charge is -2.13. The van der Waals surface area contributed by atoms with Crippen molar-refractivity contribution in [3.63, 3.8) is 0 Å². The zero-order chi connectivity index (χ0) is 13.1. The normalized spacial score (nSPS) is 12.2. The van der Waals surface area contributed by atoms with Crippen LogP contribution < -0.4 is 5.32 Å². The highest BCUT2D eigenvalue weighted by Crippen LogP contribution is 2.13. The maximum absolute atomic E-state index is 11.9. The molecule has 18 heavy (non-hydrogen) atoms. The van der Waals surface area contributed by atoms with E-state index < -0.39 is 0 Å². The van der Waals surface area contributed by atoms with Gasteiger partial charge in [0.1, 0.15) is 5.69 Å². The first-order valence-corrected chi connectivity index (χ1v) is 5.93. The second-order valence-electron chi connectivity index (χ2n) is 4.48. The van der Waals surface area contributed by atoms with Crippen molar-refractivity contribution in [1.82, 2.24) is 15.1 Å². The lowest BCUT2D eigenvalue weighted by atomic mass is 10.1. The van der Waals surface area contributed by atoms with Gasteiger partial charge >= 0.3 is 0 Å². The minimum absolute atomic E-state index is 0.0277. The fourth-order valence-electron chi connectivity index (χ4n) is 1.75. The molecule has 4 heteroatoms. The van der Waals surface area contributed by atoms with Gasteiger partial charge in [-0.2, -0.15) is 5.10 Å². The molecule has 0 radical (unpaired) electrons. The lowest BCUT2D eigenvalue weighted by Crippen LogP contribution is -2.27. The summed E-state index contributed by atoms with van der Waals surface area (Å²) in [6, 6.07) is 9.81. The molecule has 2 aromatic rings. The Balaban J connectivity index is 2.05. The van der Waals surface area contributed by atoms with Crippen LogP contribution in [0.4, 0.5) is 0 Å². The highest BCUT2D eigenvalue weighted by Gasteiger charge is 2.13. The van der Waals surface area contributed by atoms with Gasteiger partial charge in [0.25, 0.3) is 5.91 Å². The van der Waals surface area contributed by atoms with Gasteiger partial charge in [0, 0.05) is 13.2 Å². The monoisotopic (exact) mass is 243 g/mol. The predicted octanol–water partition coefficient (Wildman–Crippen LogP) is 2.22. The van der Waals surface area contributed by atoms with Crippen LogP contribution in [0.5, 0.6) is 0 Å². The SMILES string of the molecule is Cc1ccc([C@H](C)NC(=O)c2ccn(C)n2)cc1. The quantitative estimate of drug-likeness (QED) is 0.898. The van der Waals surface area contributed by atoms with Crippen LogP contribution in [-0.4, -0.2) is 15.7 Å². The first-order chi connectivity index (χ1) is 8.56. The van der Waals surface area contributed by atoms with Crippen LogP contribution in [0.2, 0.25) is 0 Å². The molecule has 0 unspecified atom stereocenters. The third kappa shape index (κ3) is 2.77. The van der Waals surface area contributed by atoms with E-state index in [1.807, 2.05) is 38.1 Å². The number of carbonyl (C=O) groups is 1. The molecule has 4 nitrogen and oxygen atoms in total. The molecule has 0 saturated heterocycles. The Kier molecular flexibility index (Phi) is 3.46. The molecule has 2 rings (SSSR count). The molecule has 0 aliphatic heterocycles. The van der Waals surface area contributed by atoms with Gasteiger partial charge in [0.15, 0.2) is 0 Å². The Labute approximate surface area is 107 Å². The number of rotatable bonds is 3. The summed E-state index contributed by atoms with van der Waals surface area (Å²) >= 11 is 0. The number of benzene rings is 1. The Hall–Kier alpha value is -2.10. The Morgan fingerprint density at radius 2 is 1.94 bits per heavy atom. The maximum atomic E-state index is 11.9. The Morgan fingerprint density at radius 1 is 1.28 bits per heavy atom. The van der Waals surface area contributed by atoms with Gasteiger partial charge in [-0.25, -0.2) is 0 Å². The van der Waals surface area contributed by atoms with Crippen LogP contribution in [0, 0.1) is 6.92 Å². The number of aryl methyl sites for hydroxylation is 2. The van der Waals surface area contributed by atoms with E-state index in [0.29, 0.717) is 5.69 Å². The predicted molar refractivity (Wildman–Crippen MR) is 70.3 cm³/mol. The van der Waals surface area contributed by atoms with Gasteiger partial charge in [-0.1, -0.05) is 29.8 Å². The average molecular weight is 243 g/mol. The van der Waals surface area contributed by atoms with Crippen molar-refractivity contribution >= 4 is 5.91 Å². The van der Waals surface area contributed by atoms with E-state index in [2.05, 4.69) is 10.4 Å². The zero-order valence-corrected chi connectivity index (χ0v) is 10.8. The van der Waals surface area contributed by atoms with E-state index in [1.54, 1.807) is 24.0 Å². The molecule has 0 saturated carbocycles. The van der Waals surface area contributed by atoms with Gasteiger partial charge in [-0.15, -0.1) is 0 Å². The molecule has 1 amide bonds. The van der Waals surface area contributed by atoms with Crippen molar-refractivity contribution in [2.75, 3.05) is 0 Å². The topological polar surface area (TPSA) is 46.9 Å². The standard InChI is InChI=1S/C14H17N3O/c1-10-4-6-12(7-5-10)11(2)15-14(18)13-8-9-17(3)16-13/h4-9,11H,1-3H3,(H,15,18)/t11-/m0/s1. The second-order valence-corrected chi connectivity index (χ2v) is 4.48. The third-order valence-electron chi connectivity index (χ3n) is 2.87. The van der Waals surface area contributed by atoms with E-state index in [0.717, 1.165) is 5.56 Å². The van der Waals surface area contributed by atoms with Gasteiger partial charge in [-0.3, -0.25) is 9.48 Å².